The third-order valence-electron chi connectivity index (χ3n) is 4.18. The maximum Gasteiger partial charge on any atom is 0.410 e. The molecule has 1 aliphatic heterocycles. The van der Waals surface area contributed by atoms with Gasteiger partial charge in [-0.3, -0.25) is 4.90 Å². The van der Waals surface area contributed by atoms with E-state index in [1.807, 2.05) is 0 Å². The Morgan fingerprint density at radius 1 is 1.22 bits per heavy atom. The maximum absolute atomic E-state index is 12.9. The Morgan fingerprint density at radius 3 is 2.70 bits per heavy atom. The molecule has 0 aliphatic carbocycles. The number of hydrogen-bond acceptors (Lipinski definition) is 6. The summed E-state index contributed by atoms with van der Waals surface area (Å²) in [6.07, 6.45) is 2.52. The van der Waals surface area contributed by atoms with Gasteiger partial charge in [-0.05, 0) is 45.0 Å². The van der Waals surface area contributed by atoms with Crippen molar-refractivity contribution in [1.29, 1.82) is 0 Å². The predicted molar refractivity (Wildman–Crippen MR) is 96.5 cm³/mol. The van der Waals surface area contributed by atoms with Crippen LogP contribution in [-0.4, -0.2) is 34.2 Å². The van der Waals surface area contributed by atoms with Crippen molar-refractivity contribution in [3.05, 3.63) is 48.0 Å². The molecule has 142 valence electrons. The molecule has 0 N–H and O–H groups in total. The van der Waals surface area contributed by atoms with Crippen LogP contribution in [0.2, 0.25) is 0 Å². The van der Waals surface area contributed by atoms with E-state index in [1.54, 1.807) is 39.0 Å². The molecule has 3 heterocycles. The third kappa shape index (κ3) is 3.18. The third-order valence-corrected chi connectivity index (χ3v) is 5.71. The van der Waals surface area contributed by atoms with Crippen LogP contribution in [0, 0.1) is 0 Å². The van der Waals surface area contributed by atoms with Crippen molar-refractivity contribution in [3.8, 4) is 0 Å². The fourth-order valence-electron chi connectivity index (χ4n) is 2.92. The van der Waals surface area contributed by atoms with Crippen molar-refractivity contribution in [1.82, 2.24) is 14.1 Å². The van der Waals surface area contributed by atoms with Gasteiger partial charge in [-0.15, -0.1) is 0 Å². The first-order valence-corrected chi connectivity index (χ1v) is 9.86. The minimum atomic E-state index is -3.82. The molecule has 27 heavy (non-hydrogen) atoms. The Balaban J connectivity index is 1.58. The van der Waals surface area contributed by atoms with E-state index in [1.165, 1.54) is 23.4 Å². The summed E-state index contributed by atoms with van der Waals surface area (Å²) in [6.45, 7) is 5.87. The zero-order chi connectivity index (χ0) is 19.4. The fraction of sp³-hybridized carbons (Fsp3) is 0.333. The number of ether oxygens (including phenoxy) is 1. The molecule has 8 nitrogen and oxygen atoms in total. The van der Waals surface area contributed by atoms with Gasteiger partial charge in [0.2, 0.25) is 0 Å². The molecule has 3 aromatic rings. The summed E-state index contributed by atoms with van der Waals surface area (Å²) in [6, 6.07) is 6.36. The second-order valence-corrected chi connectivity index (χ2v) is 9.23. The van der Waals surface area contributed by atoms with Crippen LogP contribution in [-0.2, 0) is 27.8 Å². The predicted octanol–water partition coefficient (Wildman–Crippen LogP) is 3.12. The van der Waals surface area contributed by atoms with Crippen molar-refractivity contribution in [2.24, 2.45) is 0 Å². The molecule has 0 spiro atoms. The van der Waals surface area contributed by atoms with E-state index < -0.39 is 21.7 Å². The summed E-state index contributed by atoms with van der Waals surface area (Å²) < 4.78 is 37.3. The summed E-state index contributed by atoms with van der Waals surface area (Å²) in [5, 5.41) is 4.89. The highest BCUT2D eigenvalue weighted by molar-refractivity contribution is 7.89. The number of nitrogens with zero attached hydrogens (tertiary/aromatic N) is 3. The second kappa shape index (κ2) is 5.85. The van der Waals surface area contributed by atoms with E-state index in [9.17, 15) is 13.2 Å². The van der Waals surface area contributed by atoms with Gasteiger partial charge in [0.1, 0.15) is 11.2 Å². The van der Waals surface area contributed by atoms with E-state index >= 15 is 0 Å². The van der Waals surface area contributed by atoms with Gasteiger partial charge in [-0.25, -0.2) is 4.79 Å². The Morgan fingerprint density at radius 2 is 2.00 bits per heavy atom. The number of rotatable bonds is 2. The lowest BCUT2D eigenvalue weighted by atomic mass is 10.2. The van der Waals surface area contributed by atoms with Crippen molar-refractivity contribution >= 4 is 27.1 Å². The lowest BCUT2D eigenvalue weighted by molar-refractivity contribution is 0.0239. The Labute approximate surface area is 156 Å². The van der Waals surface area contributed by atoms with Crippen molar-refractivity contribution in [2.75, 3.05) is 0 Å². The van der Waals surface area contributed by atoms with Crippen molar-refractivity contribution in [2.45, 2.75) is 44.4 Å². The summed E-state index contributed by atoms with van der Waals surface area (Å²) >= 11 is 0. The standard InChI is InChI=1S/C18H19N3O5S/c1-18(2,3)26-17(22)20-9-13-10-21(19-15(13)11-20)27(23,24)14-4-5-16-12(8-14)6-7-25-16/h4-8,10H,9,11H2,1-3H3. The van der Waals surface area contributed by atoms with E-state index in [0.29, 0.717) is 22.2 Å². The van der Waals surface area contributed by atoms with Gasteiger partial charge in [0.15, 0.2) is 0 Å². The van der Waals surface area contributed by atoms with Crippen LogP contribution < -0.4 is 0 Å². The summed E-state index contributed by atoms with van der Waals surface area (Å²) in [7, 11) is -3.82. The Kier molecular flexibility index (Phi) is 3.81. The molecule has 0 fully saturated rings. The number of hydrogen-bond donors (Lipinski definition) is 0. The first kappa shape index (κ1) is 17.6. The van der Waals surface area contributed by atoms with Crippen LogP contribution in [0.4, 0.5) is 4.79 Å². The molecule has 0 radical (unpaired) electrons. The molecule has 1 amide bonds. The van der Waals surface area contributed by atoms with Crippen LogP contribution in [0.15, 0.2) is 46.0 Å². The van der Waals surface area contributed by atoms with E-state index in [-0.39, 0.29) is 18.0 Å². The lowest BCUT2D eigenvalue weighted by Gasteiger charge is -2.24. The van der Waals surface area contributed by atoms with Crippen molar-refractivity contribution in [3.63, 3.8) is 0 Å². The van der Waals surface area contributed by atoms with E-state index in [2.05, 4.69) is 5.10 Å². The number of benzene rings is 1. The summed E-state index contributed by atoms with van der Waals surface area (Å²) in [5.74, 6) is 0. The number of furan rings is 1. The van der Waals surface area contributed by atoms with Crippen LogP contribution in [0.25, 0.3) is 11.0 Å². The number of fused-ring (bicyclic) bond motifs is 2. The highest BCUT2D eigenvalue weighted by atomic mass is 32.2. The molecule has 0 unspecified atom stereocenters. The molecule has 4 rings (SSSR count). The van der Waals surface area contributed by atoms with Gasteiger partial charge < -0.3 is 9.15 Å². The fourth-order valence-corrected chi connectivity index (χ4v) is 4.12. The number of aromatic nitrogens is 2. The van der Waals surface area contributed by atoms with E-state index in [4.69, 9.17) is 9.15 Å². The average molecular weight is 389 g/mol. The van der Waals surface area contributed by atoms with Crippen LogP contribution in [0.1, 0.15) is 32.0 Å². The topological polar surface area (TPSA) is 94.6 Å². The first-order chi connectivity index (χ1) is 12.6. The van der Waals surface area contributed by atoms with Gasteiger partial charge in [-0.1, -0.05) is 0 Å². The second-order valence-electron chi connectivity index (χ2n) is 7.44. The highest BCUT2D eigenvalue weighted by Gasteiger charge is 2.32. The van der Waals surface area contributed by atoms with Gasteiger partial charge in [0.05, 0.1) is 29.9 Å². The highest BCUT2D eigenvalue weighted by Crippen LogP contribution is 2.26. The minimum absolute atomic E-state index is 0.126. The minimum Gasteiger partial charge on any atom is -0.464 e. The largest absolute Gasteiger partial charge is 0.464 e. The number of carbonyl (C=O) groups excluding carboxylic acids is 1. The molecular formula is C18H19N3O5S. The lowest BCUT2D eigenvalue weighted by Crippen LogP contribution is -2.33. The monoisotopic (exact) mass is 389 g/mol. The smallest absolute Gasteiger partial charge is 0.410 e. The number of carbonyl (C=O) groups is 1. The molecule has 9 heteroatoms. The zero-order valence-electron chi connectivity index (χ0n) is 15.2. The average Bonchev–Trinajstić information content (AvgIpc) is 3.26. The molecule has 0 saturated heterocycles. The zero-order valence-corrected chi connectivity index (χ0v) is 16.0. The van der Waals surface area contributed by atoms with E-state index in [0.717, 1.165) is 4.09 Å². The molecule has 0 atom stereocenters. The first-order valence-electron chi connectivity index (χ1n) is 8.42. The Bertz CT molecular complexity index is 1110. The molecule has 0 bridgehead atoms. The maximum atomic E-state index is 12.9. The summed E-state index contributed by atoms with van der Waals surface area (Å²) in [4.78, 5) is 13.8. The SMILES string of the molecule is CC(C)(C)OC(=O)N1Cc2cn(S(=O)(=O)c3ccc4occc4c3)nc2C1. The van der Waals surface area contributed by atoms with Gasteiger partial charge in [0, 0.05) is 17.1 Å². The molecule has 1 aromatic carbocycles. The van der Waals surface area contributed by atoms with Crippen molar-refractivity contribution < 1.29 is 22.4 Å². The van der Waals surface area contributed by atoms with Crippen LogP contribution >= 0.6 is 0 Å². The molecule has 0 saturated carbocycles. The normalized spacial score (nSPS) is 14.6. The molecular weight excluding hydrogens is 370 g/mol. The number of amides is 1. The van der Waals surface area contributed by atoms with Gasteiger partial charge >= 0.3 is 6.09 Å². The van der Waals surface area contributed by atoms with Crippen LogP contribution in [0.5, 0.6) is 0 Å². The molecule has 1 aliphatic rings. The quantitative estimate of drug-likeness (QED) is 0.668. The molecule has 2 aromatic heterocycles. The van der Waals surface area contributed by atoms with Gasteiger partial charge in [-0.2, -0.15) is 17.6 Å². The van der Waals surface area contributed by atoms with Crippen LogP contribution in [0.3, 0.4) is 0 Å². The summed E-state index contributed by atoms with van der Waals surface area (Å²) in [5.41, 5.74) is 1.26. The Hall–Kier alpha value is -2.81. The van der Waals surface area contributed by atoms with Gasteiger partial charge in [0.25, 0.3) is 10.0 Å².